The van der Waals surface area contributed by atoms with Gasteiger partial charge in [0.15, 0.2) is 0 Å². The zero-order chi connectivity index (χ0) is 14.0. The van der Waals surface area contributed by atoms with E-state index in [0.29, 0.717) is 24.3 Å². The fourth-order valence-electron chi connectivity index (χ4n) is 2.13. The van der Waals surface area contributed by atoms with Crippen LogP contribution in [0, 0.1) is 6.92 Å². The van der Waals surface area contributed by atoms with Crippen molar-refractivity contribution in [2.45, 2.75) is 13.0 Å². The number of morpholine rings is 1. The predicted octanol–water partition coefficient (Wildman–Crippen LogP) is 0.0269. The lowest BCUT2D eigenvalue weighted by atomic mass is 10.1. The van der Waals surface area contributed by atoms with Crippen LogP contribution in [-0.4, -0.2) is 47.6 Å². The highest BCUT2D eigenvalue weighted by molar-refractivity contribution is 5.98. The summed E-state index contributed by atoms with van der Waals surface area (Å²) < 4.78 is 5.17. The van der Waals surface area contributed by atoms with Crippen LogP contribution in [0.15, 0.2) is 18.2 Å². The molecule has 6 nitrogen and oxygen atoms in total. The summed E-state index contributed by atoms with van der Waals surface area (Å²) in [5.74, 6) is -0.753. The number of carbonyl (C=O) groups excluding carboxylic acids is 2. The maximum atomic E-state index is 12.4. The Hall–Kier alpha value is -2.08. The molecule has 1 aromatic rings. The Morgan fingerprint density at radius 3 is 2.84 bits per heavy atom. The van der Waals surface area contributed by atoms with E-state index in [-0.39, 0.29) is 18.3 Å². The number of aromatic hydroxyl groups is 1. The van der Waals surface area contributed by atoms with E-state index < -0.39 is 11.9 Å². The molecule has 0 aliphatic carbocycles. The fraction of sp³-hybridized carbons (Fsp3) is 0.385. The van der Waals surface area contributed by atoms with Crippen molar-refractivity contribution in [3.05, 3.63) is 29.3 Å². The summed E-state index contributed by atoms with van der Waals surface area (Å²) >= 11 is 0. The Balaban J connectivity index is 2.28. The molecule has 1 unspecified atom stereocenters. The number of nitrogens with zero attached hydrogens (tertiary/aromatic N) is 1. The second-order valence-electron chi connectivity index (χ2n) is 4.49. The number of ether oxygens (including phenoxy) is 1. The van der Waals surface area contributed by atoms with Crippen molar-refractivity contribution < 1.29 is 19.4 Å². The third-order valence-electron chi connectivity index (χ3n) is 3.16. The largest absolute Gasteiger partial charge is 0.508 e. The molecule has 1 aliphatic heterocycles. The first-order valence-electron chi connectivity index (χ1n) is 5.98. The van der Waals surface area contributed by atoms with E-state index in [1.807, 2.05) is 0 Å². The van der Waals surface area contributed by atoms with Crippen LogP contribution < -0.4 is 5.73 Å². The van der Waals surface area contributed by atoms with Crippen LogP contribution in [0.1, 0.15) is 15.9 Å². The predicted molar refractivity (Wildman–Crippen MR) is 67.7 cm³/mol. The van der Waals surface area contributed by atoms with Gasteiger partial charge in [0.25, 0.3) is 5.91 Å². The van der Waals surface area contributed by atoms with E-state index in [1.165, 1.54) is 17.0 Å². The van der Waals surface area contributed by atoms with Gasteiger partial charge in [-0.3, -0.25) is 9.59 Å². The van der Waals surface area contributed by atoms with E-state index in [9.17, 15) is 14.7 Å². The average molecular weight is 264 g/mol. The molecule has 0 radical (unpaired) electrons. The molecule has 1 fully saturated rings. The van der Waals surface area contributed by atoms with Gasteiger partial charge in [0, 0.05) is 12.1 Å². The van der Waals surface area contributed by atoms with Crippen LogP contribution in [0.5, 0.6) is 5.75 Å². The summed E-state index contributed by atoms with van der Waals surface area (Å²) in [6, 6.07) is 3.75. The second-order valence-corrected chi connectivity index (χ2v) is 4.49. The van der Waals surface area contributed by atoms with Crippen LogP contribution in [0.2, 0.25) is 0 Å². The molecule has 0 spiro atoms. The van der Waals surface area contributed by atoms with Crippen molar-refractivity contribution in [2.75, 3.05) is 19.8 Å². The molecular weight excluding hydrogens is 248 g/mol. The molecule has 1 aliphatic rings. The molecule has 1 heterocycles. The van der Waals surface area contributed by atoms with E-state index in [1.54, 1.807) is 13.0 Å². The van der Waals surface area contributed by atoms with Gasteiger partial charge in [-0.25, -0.2) is 0 Å². The molecule has 1 atom stereocenters. The number of phenols is 1. The maximum Gasteiger partial charge on any atom is 0.254 e. The van der Waals surface area contributed by atoms with Gasteiger partial charge in [0.1, 0.15) is 11.8 Å². The minimum absolute atomic E-state index is 0.0995. The Bertz CT molecular complexity index is 515. The van der Waals surface area contributed by atoms with Crippen molar-refractivity contribution >= 4 is 11.8 Å². The molecule has 0 saturated carbocycles. The summed E-state index contributed by atoms with van der Waals surface area (Å²) in [5, 5.41) is 9.35. The van der Waals surface area contributed by atoms with Gasteiger partial charge >= 0.3 is 0 Å². The first kappa shape index (κ1) is 13.4. The highest BCUT2D eigenvalue weighted by Crippen LogP contribution is 2.19. The smallest absolute Gasteiger partial charge is 0.254 e. The minimum atomic E-state index is -0.741. The van der Waals surface area contributed by atoms with Gasteiger partial charge in [-0.15, -0.1) is 0 Å². The molecule has 1 aromatic carbocycles. The Labute approximate surface area is 110 Å². The highest BCUT2D eigenvalue weighted by Gasteiger charge is 2.32. The van der Waals surface area contributed by atoms with Crippen molar-refractivity contribution in [3.8, 4) is 5.75 Å². The fourth-order valence-corrected chi connectivity index (χ4v) is 2.13. The van der Waals surface area contributed by atoms with Crippen molar-refractivity contribution in [3.63, 3.8) is 0 Å². The summed E-state index contributed by atoms with van der Waals surface area (Å²) in [5.41, 5.74) is 6.39. The minimum Gasteiger partial charge on any atom is -0.508 e. The van der Waals surface area contributed by atoms with E-state index in [0.717, 1.165) is 0 Å². The number of carbonyl (C=O) groups is 2. The zero-order valence-electron chi connectivity index (χ0n) is 10.6. The summed E-state index contributed by atoms with van der Waals surface area (Å²) in [7, 11) is 0. The Kier molecular flexibility index (Phi) is 3.71. The monoisotopic (exact) mass is 264 g/mol. The molecule has 2 rings (SSSR count). The quantitative estimate of drug-likeness (QED) is 0.788. The molecular formula is C13H16N2O4. The van der Waals surface area contributed by atoms with E-state index in [4.69, 9.17) is 10.5 Å². The van der Waals surface area contributed by atoms with Crippen molar-refractivity contribution in [1.82, 2.24) is 4.90 Å². The second kappa shape index (κ2) is 5.27. The Morgan fingerprint density at radius 2 is 2.21 bits per heavy atom. The van der Waals surface area contributed by atoms with Crippen molar-refractivity contribution in [1.29, 1.82) is 0 Å². The van der Waals surface area contributed by atoms with E-state index in [2.05, 4.69) is 0 Å². The van der Waals surface area contributed by atoms with Gasteiger partial charge < -0.3 is 20.5 Å². The number of benzene rings is 1. The molecule has 0 aromatic heterocycles. The molecule has 102 valence electrons. The van der Waals surface area contributed by atoms with Crippen molar-refractivity contribution in [2.24, 2.45) is 5.73 Å². The summed E-state index contributed by atoms with van der Waals surface area (Å²) in [6.45, 7) is 2.56. The summed E-state index contributed by atoms with van der Waals surface area (Å²) in [6.07, 6.45) is 0. The molecule has 19 heavy (non-hydrogen) atoms. The third kappa shape index (κ3) is 2.68. The topological polar surface area (TPSA) is 92.9 Å². The van der Waals surface area contributed by atoms with Gasteiger partial charge in [-0.05, 0) is 30.7 Å². The highest BCUT2D eigenvalue weighted by atomic mass is 16.5. The molecule has 0 bridgehead atoms. The number of aryl methyl sites for hydroxylation is 1. The van der Waals surface area contributed by atoms with Crippen LogP contribution in [0.3, 0.4) is 0 Å². The number of primary amides is 1. The van der Waals surface area contributed by atoms with Crippen LogP contribution >= 0.6 is 0 Å². The van der Waals surface area contributed by atoms with E-state index >= 15 is 0 Å². The summed E-state index contributed by atoms with van der Waals surface area (Å²) in [4.78, 5) is 25.2. The first-order valence-corrected chi connectivity index (χ1v) is 5.98. The number of hydrogen-bond donors (Lipinski definition) is 2. The normalized spacial score (nSPS) is 19.2. The molecule has 3 N–H and O–H groups in total. The number of phenolic OH excluding ortho intramolecular Hbond substituents is 1. The lowest BCUT2D eigenvalue weighted by Gasteiger charge is -2.33. The van der Waals surface area contributed by atoms with Gasteiger partial charge in [-0.1, -0.05) is 0 Å². The standard InChI is InChI=1S/C13H16N2O4/c1-8-6-9(16)2-3-10(8)13(18)15-4-5-19-7-11(15)12(14)17/h2-3,6,11,16H,4-5,7H2,1H3,(H2,14,17). The zero-order valence-corrected chi connectivity index (χ0v) is 10.6. The average Bonchev–Trinajstić information content (AvgIpc) is 2.38. The number of hydrogen-bond acceptors (Lipinski definition) is 4. The van der Waals surface area contributed by atoms with Crippen LogP contribution in [0.4, 0.5) is 0 Å². The third-order valence-corrected chi connectivity index (χ3v) is 3.16. The maximum absolute atomic E-state index is 12.4. The number of amides is 2. The lowest BCUT2D eigenvalue weighted by Crippen LogP contribution is -2.54. The SMILES string of the molecule is Cc1cc(O)ccc1C(=O)N1CCOCC1C(N)=O. The van der Waals surface area contributed by atoms with Gasteiger partial charge in [-0.2, -0.15) is 0 Å². The van der Waals surface area contributed by atoms with Crippen LogP contribution in [0.25, 0.3) is 0 Å². The number of rotatable bonds is 2. The first-order chi connectivity index (χ1) is 9.00. The lowest BCUT2D eigenvalue weighted by molar-refractivity contribution is -0.127. The van der Waals surface area contributed by atoms with Crippen LogP contribution in [-0.2, 0) is 9.53 Å². The molecule has 2 amide bonds. The molecule has 1 saturated heterocycles. The van der Waals surface area contributed by atoms with Gasteiger partial charge in [0.05, 0.1) is 13.2 Å². The molecule has 6 heteroatoms. The van der Waals surface area contributed by atoms with Gasteiger partial charge in [0.2, 0.25) is 5.91 Å². The number of nitrogens with two attached hydrogens (primary N) is 1. The Morgan fingerprint density at radius 1 is 1.47 bits per heavy atom.